The second kappa shape index (κ2) is 17.7. The topological polar surface area (TPSA) is 304 Å². The van der Waals surface area contributed by atoms with Crippen LogP contribution in [0.2, 0.25) is 0 Å². The van der Waals surface area contributed by atoms with Gasteiger partial charge in [-0.3, -0.25) is 0 Å². The lowest BCUT2D eigenvalue weighted by molar-refractivity contribution is -0.384. The van der Waals surface area contributed by atoms with Crippen LogP contribution in [-0.2, 0) is 38.0 Å². The lowest BCUT2D eigenvalue weighted by Crippen LogP contribution is -2.66. The number of rotatable bonds is 11. The molecule has 2 spiro atoms. The molecule has 5 aliphatic carbocycles. The summed E-state index contributed by atoms with van der Waals surface area (Å²) in [4.78, 5) is 12.6. The molecule has 19 nitrogen and oxygen atoms in total. The van der Waals surface area contributed by atoms with Crippen LogP contribution in [0.3, 0.4) is 0 Å². The summed E-state index contributed by atoms with van der Waals surface area (Å²) < 4.78 is 41.7. The van der Waals surface area contributed by atoms with Gasteiger partial charge in [-0.1, -0.05) is 33.8 Å². The van der Waals surface area contributed by atoms with Crippen LogP contribution < -0.4 is 0 Å². The van der Waals surface area contributed by atoms with Crippen LogP contribution in [0.5, 0.6) is 0 Å². The molecule has 0 bridgehead atoms. The van der Waals surface area contributed by atoms with Gasteiger partial charge in [0.25, 0.3) is 0 Å². The van der Waals surface area contributed by atoms with Crippen molar-refractivity contribution in [2.24, 2.45) is 50.7 Å². The molecule has 4 aliphatic heterocycles. The Bertz CT molecular complexity index is 1820. The van der Waals surface area contributed by atoms with E-state index in [2.05, 4.69) is 20.8 Å². The van der Waals surface area contributed by atoms with Crippen LogP contribution in [-0.4, -0.2) is 193 Å². The number of esters is 1. The highest BCUT2D eigenvalue weighted by Crippen LogP contribution is 2.89. The van der Waals surface area contributed by atoms with Gasteiger partial charge < -0.3 is 89.3 Å². The van der Waals surface area contributed by atoms with Crippen molar-refractivity contribution in [3.63, 3.8) is 0 Å². The van der Waals surface area contributed by atoms with Gasteiger partial charge >= 0.3 is 5.97 Å². The minimum absolute atomic E-state index is 0.0245. The first-order chi connectivity index (χ1) is 31.2. The maximum absolute atomic E-state index is 12.6. The van der Waals surface area contributed by atoms with Crippen molar-refractivity contribution in [1.29, 1.82) is 0 Å². The molecule has 4 heterocycles. The molecule has 0 amide bonds. The van der Waals surface area contributed by atoms with Gasteiger partial charge in [-0.25, -0.2) is 4.79 Å². The Morgan fingerprint density at radius 3 is 2.00 bits per heavy atom. The fourth-order valence-electron chi connectivity index (χ4n) is 15.9. The van der Waals surface area contributed by atoms with Crippen LogP contribution in [0.4, 0.5) is 0 Å². The molecule has 9 aliphatic rings. The molecule has 8 fully saturated rings. The van der Waals surface area contributed by atoms with Crippen LogP contribution in [0.1, 0.15) is 92.4 Å². The molecule has 0 radical (unpaired) electrons. The number of hydrogen-bond donors (Lipinski definition) is 11. The van der Waals surface area contributed by atoms with E-state index >= 15 is 0 Å². The molecule has 66 heavy (non-hydrogen) atoms. The Hall–Kier alpha value is -1.47. The van der Waals surface area contributed by atoms with Crippen LogP contribution in [0.25, 0.3) is 0 Å². The Kier molecular flexibility index (Phi) is 13.3. The number of carbonyl (C=O) groups excluding carboxylic acids is 1. The molecular formula is C47H74O19. The molecule has 0 aromatic heterocycles. The van der Waals surface area contributed by atoms with Crippen LogP contribution in [0.15, 0.2) is 11.6 Å². The second-order valence-corrected chi connectivity index (χ2v) is 22.4. The predicted molar refractivity (Wildman–Crippen MR) is 225 cm³/mol. The van der Waals surface area contributed by atoms with Crippen molar-refractivity contribution in [1.82, 2.24) is 0 Å². The SMILES string of the molecule is CC1=CC[C@@H]([C@@H](C)[C@H]2[C@H](O)C[C@@]3(C)[C@@H]4CC[C@H]5[C@](C)(CO)[C@@H](O[C@@H]6OC[C@H](O)[C@H](O)[C@H]6O[C@@H]6O[C@H](CO)[C@@H](O[C@@H]7O[C@H](CO)[C@@H](O)[C@H](O)[C@H]7O)[C@H](O)[C@H]6O)CC[C@@]56C[C@@]46CC[C@]23C)OC1=O. The normalized spacial score (nSPS) is 56.2. The number of aliphatic hydroxyl groups excluding tert-OH is 11. The van der Waals surface area contributed by atoms with E-state index in [1.807, 2.05) is 13.0 Å². The Morgan fingerprint density at radius 1 is 0.697 bits per heavy atom. The highest BCUT2D eigenvalue weighted by atomic mass is 16.8. The van der Waals surface area contributed by atoms with Crippen molar-refractivity contribution in [3.8, 4) is 0 Å². The first kappa shape index (κ1) is 49.5. The van der Waals surface area contributed by atoms with Crippen molar-refractivity contribution < 1.29 is 94.1 Å². The van der Waals surface area contributed by atoms with E-state index in [4.69, 9.17) is 33.2 Å². The quantitative estimate of drug-likeness (QED) is 0.0851. The summed E-state index contributed by atoms with van der Waals surface area (Å²) in [7, 11) is 0. The van der Waals surface area contributed by atoms with Gasteiger partial charge in [0.15, 0.2) is 18.9 Å². The molecule has 26 atom stereocenters. The van der Waals surface area contributed by atoms with E-state index in [1.54, 1.807) is 6.92 Å². The van der Waals surface area contributed by atoms with E-state index in [9.17, 15) is 61.0 Å². The monoisotopic (exact) mass is 942 g/mol. The van der Waals surface area contributed by atoms with Gasteiger partial charge in [0.05, 0.1) is 38.6 Å². The molecule has 9 rings (SSSR count). The summed E-state index contributed by atoms with van der Waals surface area (Å²) >= 11 is 0. The third-order valence-corrected chi connectivity index (χ3v) is 19.6. The fraction of sp³-hybridized carbons (Fsp3) is 0.936. The third-order valence-electron chi connectivity index (χ3n) is 19.6. The third kappa shape index (κ3) is 7.26. The number of ether oxygens (including phenoxy) is 7. The summed E-state index contributed by atoms with van der Waals surface area (Å²) in [5.74, 6) is 0.0703. The summed E-state index contributed by atoms with van der Waals surface area (Å²) in [6, 6.07) is 0. The average Bonchev–Trinajstić information content (AvgIpc) is 3.91. The number of cyclic esters (lactones) is 1. The smallest absolute Gasteiger partial charge is 0.333 e. The van der Waals surface area contributed by atoms with Gasteiger partial charge in [0.1, 0.15) is 73.2 Å². The molecule has 19 heteroatoms. The molecule has 376 valence electrons. The van der Waals surface area contributed by atoms with Gasteiger partial charge in [-0.2, -0.15) is 0 Å². The number of aliphatic hydroxyl groups is 11. The molecule has 0 aromatic carbocycles. The zero-order valence-electron chi connectivity index (χ0n) is 38.6. The first-order valence-electron chi connectivity index (χ1n) is 24.2. The van der Waals surface area contributed by atoms with Crippen molar-refractivity contribution in [2.75, 3.05) is 26.4 Å². The first-order valence-corrected chi connectivity index (χ1v) is 24.2. The minimum Gasteiger partial charge on any atom is -0.458 e. The average molecular weight is 943 g/mol. The molecule has 3 saturated heterocycles. The van der Waals surface area contributed by atoms with Gasteiger partial charge in [-0.05, 0) is 104 Å². The van der Waals surface area contributed by atoms with Crippen LogP contribution >= 0.6 is 0 Å². The van der Waals surface area contributed by atoms with Gasteiger partial charge in [0.2, 0.25) is 0 Å². The van der Waals surface area contributed by atoms with Crippen molar-refractivity contribution >= 4 is 5.97 Å². The predicted octanol–water partition coefficient (Wildman–Crippen LogP) is -1.26. The van der Waals surface area contributed by atoms with Crippen LogP contribution in [0, 0.1) is 50.7 Å². The standard InChI is InChI=1S/C47H74O19/c1-20-6-7-24(61-39(20)59)21(2)30-22(51)14-45(5)28-9-8-27-43(3,19-50)29(10-11-46(27)18-47(28,46)13-12-44(30,45)4)64-42-38(31(53)23(52)17-60-42)66-41-36(58)34(56)37(26(16-49)63-41)65-40-35(57)33(55)32(54)25(15-48)62-40/h6,21-38,40-42,48-58H,7-19H2,1-5H3/t21-,22-,23+,24+,25-,26-,27+,28+,29+,30+,31+,32-,33+,34-,35-,36-,37-,38-,40+,41+,42+,43+,44-,45+,46-,47+/m1/s1. The van der Waals surface area contributed by atoms with Gasteiger partial charge in [-0.15, -0.1) is 0 Å². The maximum atomic E-state index is 12.6. The van der Waals surface area contributed by atoms with E-state index in [1.165, 1.54) is 0 Å². The van der Waals surface area contributed by atoms with Crippen molar-refractivity contribution in [3.05, 3.63) is 11.6 Å². The second-order valence-electron chi connectivity index (χ2n) is 22.4. The number of carbonyl (C=O) groups is 1. The number of hydrogen-bond acceptors (Lipinski definition) is 19. The number of fused-ring (bicyclic) bond motifs is 2. The summed E-state index contributed by atoms with van der Waals surface area (Å²) in [6.07, 6.45) is -14.9. The Morgan fingerprint density at radius 2 is 1.33 bits per heavy atom. The molecule has 11 N–H and O–H groups in total. The fourth-order valence-corrected chi connectivity index (χ4v) is 15.9. The minimum atomic E-state index is -1.92. The summed E-state index contributed by atoms with van der Waals surface area (Å²) in [5, 5.41) is 119. The highest BCUT2D eigenvalue weighted by Gasteiger charge is 2.83. The Labute approximate surface area is 384 Å². The molecule has 5 saturated carbocycles. The largest absolute Gasteiger partial charge is 0.458 e. The zero-order chi connectivity index (χ0) is 47.6. The highest BCUT2D eigenvalue weighted by molar-refractivity contribution is 5.88. The maximum Gasteiger partial charge on any atom is 0.333 e. The van der Waals surface area contributed by atoms with E-state index in [0.717, 1.165) is 38.5 Å². The summed E-state index contributed by atoms with van der Waals surface area (Å²) in [6.45, 7) is 8.63. The summed E-state index contributed by atoms with van der Waals surface area (Å²) in [5.41, 5.74) is -0.520. The van der Waals surface area contributed by atoms with E-state index < -0.39 is 117 Å². The molecular weight excluding hydrogens is 868 g/mol. The molecule has 0 aromatic rings. The van der Waals surface area contributed by atoms with Gasteiger partial charge in [0, 0.05) is 17.4 Å². The Balaban J connectivity index is 0.896. The zero-order valence-corrected chi connectivity index (χ0v) is 38.6. The van der Waals surface area contributed by atoms with E-state index in [-0.39, 0.29) is 64.7 Å². The molecule has 0 unspecified atom stereocenters. The lowest BCUT2D eigenvalue weighted by atomic mass is 9.41. The van der Waals surface area contributed by atoms with E-state index in [0.29, 0.717) is 30.8 Å². The lowest BCUT2D eigenvalue weighted by Gasteiger charge is -2.63. The van der Waals surface area contributed by atoms with Crippen molar-refractivity contribution in [2.45, 2.75) is 197 Å².